The van der Waals surface area contributed by atoms with Crippen molar-refractivity contribution < 1.29 is 9.53 Å². The van der Waals surface area contributed by atoms with Crippen molar-refractivity contribution in [3.8, 4) is 5.75 Å². The van der Waals surface area contributed by atoms with Crippen LogP contribution in [0.3, 0.4) is 0 Å². The number of carbonyl (C=O) groups excluding carboxylic acids is 1. The Hall–Kier alpha value is -0.740. The summed E-state index contributed by atoms with van der Waals surface area (Å²) in [6, 6.07) is 1.79. The molecule has 5 heteroatoms. The first-order valence-electron chi connectivity index (χ1n) is 5.22. The molecular weight excluding hydrogens is 246 g/mol. The van der Waals surface area contributed by atoms with Crippen LogP contribution in [0.25, 0.3) is 0 Å². The van der Waals surface area contributed by atoms with Gasteiger partial charge in [0.1, 0.15) is 10.6 Å². The van der Waals surface area contributed by atoms with Crippen LogP contribution in [0, 0.1) is 0 Å². The van der Waals surface area contributed by atoms with Crippen LogP contribution in [0.4, 0.5) is 0 Å². The van der Waals surface area contributed by atoms with Gasteiger partial charge in [0.05, 0.1) is 7.11 Å². The van der Waals surface area contributed by atoms with Crippen LogP contribution >= 0.6 is 22.9 Å². The molecular formula is C11H16ClNO2S. The molecule has 1 heterocycles. The second kappa shape index (κ2) is 6.76. The first-order valence-corrected chi connectivity index (χ1v) is 6.54. The van der Waals surface area contributed by atoms with E-state index in [4.69, 9.17) is 16.3 Å². The third-order valence-electron chi connectivity index (χ3n) is 2.24. The molecule has 0 aliphatic carbocycles. The zero-order chi connectivity index (χ0) is 12.0. The van der Waals surface area contributed by atoms with E-state index in [0.717, 1.165) is 12.8 Å². The summed E-state index contributed by atoms with van der Waals surface area (Å²) in [4.78, 5) is 12.3. The van der Waals surface area contributed by atoms with Crippen LogP contribution < -0.4 is 10.1 Å². The maximum atomic E-state index is 11.7. The molecule has 1 aromatic heterocycles. The van der Waals surface area contributed by atoms with Gasteiger partial charge in [-0.15, -0.1) is 22.9 Å². The van der Waals surface area contributed by atoms with Gasteiger partial charge in [0, 0.05) is 11.9 Å². The highest BCUT2D eigenvalue weighted by molar-refractivity contribution is 7.12. The molecule has 1 unspecified atom stereocenters. The maximum Gasteiger partial charge on any atom is 0.265 e. The highest BCUT2D eigenvalue weighted by Gasteiger charge is 2.13. The number of thiophene rings is 1. The lowest BCUT2D eigenvalue weighted by molar-refractivity contribution is 0.0954. The number of alkyl halides is 1. The molecule has 1 rings (SSSR count). The van der Waals surface area contributed by atoms with Crippen LogP contribution in [-0.2, 0) is 0 Å². The highest BCUT2D eigenvalue weighted by atomic mass is 35.5. The van der Waals surface area contributed by atoms with Crippen molar-refractivity contribution in [2.75, 3.05) is 13.7 Å². The predicted molar refractivity (Wildman–Crippen MR) is 67.8 cm³/mol. The topological polar surface area (TPSA) is 38.3 Å². The zero-order valence-electron chi connectivity index (χ0n) is 9.46. The smallest absolute Gasteiger partial charge is 0.265 e. The summed E-state index contributed by atoms with van der Waals surface area (Å²) in [6.45, 7) is 2.63. The van der Waals surface area contributed by atoms with E-state index in [0.29, 0.717) is 17.2 Å². The number of methoxy groups -OCH3 is 1. The Balaban J connectivity index is 2.41. The van der Waals surface area contributed by atoms with E-state index in [-0.39, 0.29) is 11.3 Å². The van der Waals surface area contributed by atoms with E-state index in [9.17, 15) is 4.79 Å². The maximum absolute atomic E-state index is 11.7. The fourth-order valence-corrected chi connectivity index (χ4v) is 2.13. The van der Waals surface area contributed by atoms with Gasteiger partial charge in [-0.05, 0) is 24.3 Å². The van der Waals surface area contributed by atoms with Gasteiger partial charge in [0.25, 0.3) is 5.91 Å². The Morgan fingerprint density at radius 2 is 2.44 bits per heavy atom. The van der Waals surface area contributed by atoms with Gasteiger partial charge in [-0.25, -0.2) is 0 Å². The summed E-state index contributed by atoms with van der Waals surface area (Å²) >= 11 is 7.34. The second-order valence-corrected chi connectivity index (χ2v) is 4.90. The van der Waals surface area contributed by atoms with Crippen molar-refractivity contribution in [1.82, 2.24) is 5.32 Å². The van der Waals surface area contributed by atoms with Gasteiger partial charge in [-0.3, -0.25) is 4.79 Å². The van der Waals surface area contributed by atoms with Crippen LogP contribution in [0.2, 0.25) is 0 Å². The monoisotopic (exact) mass is 261 g/mol. The van der Waals surface area contributed by atoms with Crippen molar-refractivity contribution in [2.45, 2.75) is 25.1 Å². The minimum atomic E-state index is -0.0909. The molecule has 90 valence electrons. The summed E-state index contributed by atoms with van der Waals surface area (Å²) in [7, 11) is 1.56. The van der Waals surface area contributed by atoms with E-state index < -0.39 is 0 Å². The summed E-state index contributed by atoms with van der Waals surface area (Å²) in [5.74, 6) is 0.534. The first kappa shape index (κ1) is 13.3. The van der Waals surface area contributed by atoms with Crippen LogP contribution in [0.1, 0.15) is 29.4 Å². The molecule has 1 aromatic rings. The molecule has 1 N–H and O–H groups in total. The van der Waals surface area contributed by atoms with Crippen molar-refractivity contribution in [2.24, 2.45) is 0 Å². The molecule has 0 aliphatic heterocycles. The fourth-order valence-electron chi connectivity index (χ4n) is 1.25. The summed E-state index contributed by atoms with van der Waals surface area (Å²) in [6.07, 6.45) is 1.71. The summed E-state index contributed by atoms with van der Waals surface area (Å²) < 4.78 is 5.08. The molecule has 0 spiro atoms. The van der Waals surface area contributed by atoms with Crippen LogP contribution in [-0.4, -0.2) is 24.9 Å². The molecule has 0 bridgehead atoms. The number of ether oxygens (including phenoxy) is 1. The molecule has 0 aromatic carbocycles. The van der Waals surface area contributed by atoms with Crippen molar-refractivity contribution >= 4 is 28.8 Å². The Labute approximate surface area is 105 Å². The van der Waals surface area contributed by atoms with Crippen LogP contribution in [0.5, 0.6) is 5.75 Å². The average Bonchev–Trinajstić information content (AvgIpc) is 2.76. The third-order valence-corrected chi connectivity index (χ3v) is 3.66. The number of nitrogens with one attached hydrogen (secondary N) is 1. The van der Waals surface area contributed by atoms with E-state index in [1.54, 1.807) is 13.2 Å². The normalized spacial score (nSPS) is 12.2. The van der Waals surface area contributed by atoms with E-state index >= 15 is 0 Å². The molecule has 1 atom stereocenters. The largest absolute Gasteiger partial charge is 0.495 e. The first-order chi connectivity index (χ1) is 7.69. The molecule has 0 aliphatic rings. The van der Waals surface area contributed by atoms with E-state index in [1.165, 1.54) is 11.3 Å². The van der Waals surface area contributed by atoms with E-state index in [1.807, 2.05) is 12.3 Å². The number of hydrogen-bond acceptors (Lipinski definition) is 3. The third kappa shape index (κ3) is 3.68. The lowest BCUT2D eigenvalue weighted by Crippen LogP contribution is -2.25. The van der Waals surface area contributed by atoms with Gasteiger partial charge in [0.2, 0.25) is 0 Å². The number of hydrogen-bond donors (Lipinski definition) is 1. The number of amides is 1. The van der Waals surface area contributed by atoms with Gasteiger partial charge >= 0.3 is 0 Å². The summed E-state index contributed by atoms with van der Waals surface area (Å²) in [5, 5.41) is 4.80. The molecule has 0 fully saturated rings. The Kier molecular flexibility index (Phi) is 5.63. The average molecular weight is 262 g/mol. The van der Waals surface area contributed by atoms with E-state index in [2.05, 4.69) is 5.32 Å². The molecule has 0 saturated carbocycles. The second-order valence-electron chi connectivity index (χ2n) is 3.37. The van der Waals surface area contributed by atoms with Gasteiger partial charge < -0.3 is 10.1 Å². The van der Waals surface area contributed by atoms with Crippen LogP contribution in [0.15, 0.2) is 11.4 Å². The molecule has 16 heavy (non-hydrogen) atoms. The number of carbonyl (C=O) groups is 1. The van der Waals surface area contributed by atoms with Crippen molar-refractivity contribution in [3.05, 3.63) is 16.3 Å². The lowest BCUT2D eigenvalue weighted by Gasteiger charge is -2.07. The molecule has 0 radical (unpaired) electrons. The Morgan fingerprint density at radius 3 is 3.06 bits per heavy atom. The molecule has 1 amide bonds. The Morgan fingerprint density at radius 1 is 1.69 bits per heavy atom. The predicted octanol–water partition coefficient (Wildman–Crippen LogP) is 2.89. The quantitative estimate of drug-likeness (QED) is 0.800. The van der Waals surface area contributed by atoms with Crippen molar-refractivity contribution in [1.29, 1.82) is 0 Å². The minimum Gasteiger partial charge on any atom is -0.495 e. The van der Waals surface area contributed by atoms with Gasteiger partial charge in [-0.1, -0.05) is 6.92 Å². The van der Waals surface area contributed by atoms with Crippen molar-refractivity contribution in [3.63, 3.8) is 0 Å². The number of halogens is 1. The molecule has 3 nitrogen and oxygen atoms in total. The zero-order valence-corrected chi connectivity index (χ0v) is 11.0. The van der Waals surface area contributed by atoms with Gasteiger partial charge in [0.15, 0.2) is 0 Å². The molecule has 0 saturated heterocycles. The fraction of sp³-hybridized carbons (Fsp3) is 0.545. The Bertz CT molecular complexity index is 340. The highest BCUT2D eigenvalue weighted by Crippen LogP contribution is 2.23. The minimum absolute atomic E-state index is 0.0909. The van der Waals surface area contributed by atoms with Gasteiger partial charge in [-0.2, -0.15) is 0 Å². The lowest BCUT2D eigenvalue weighted by atomic mass is 10.2. The standard InChI is InChI=1S/C11H16ClNO2S/c1-3-8(12)4-6-13-11(14)10-9(15-2)5-7-16-10/h5,7-8H,3-4,6H2,1-2H3,(H,13,14). The number of rotatable bonds is 6. The SMILES string of the molecule is CCC(Cl)CCNC(=O)c1sccc1OC. The summed E-state index contributed by atoms with van der Waals surface area (Å²) in [5.41, 5.74) is 0.